The number of halogens is 2. The summed E-state index contributed by atoms with van der Waals surface area (Å²) in [5.41, 5.74) is 1.07. The third-order valence-corrected chi connectivity index (χ3v) is 1.48. The van der Waals surface area contributed by atoms with E-state index in [1.807, 2.05) is 13.8 Å². The van der Waals surface area contributed by atoms with Gasteiger partial charge in [0.05, 0.1) is 0 Å². The van der Waals surface area contributed by atoms with Crippen LogP contribution in [0, 0.1) is 13.8 Å². The summed E-state index contributed by atoms with van der Waals surface area (Å²) < 4.78 is 24.3. The summed E-state index contributed by atoms with van der Waals surface area (Å²) in [6, 6.07) is 3.38. The van der Waals surface area contributed by atoms with Crippen molar-refractivity contribution in [1.29, 1.82) is 0 Å². The molecule has 13 heavy (non-hydrogen) atoms. The fraction of sp³-hybridized carbons (Fsp3) is 0.500. The lowest BCUT2D eigenvalue weighted by Crippen LogP contribution is -1.95. The van der Waals surface area contributed by atoms with Crippen LogP contribution in [0.3, 0.4) is 0 Å². The number of rotatable bonds is 1. The van der Waals surface area contributed by atoms with Gasteiger partial charge < -0.3 is 0 Å². The summed E-state index contributed by atoms with van der Waals surface area (Å²) in [7, 11) is 0. The number of hydrogen-bond donors (Lipinski definition) is 0. The fourth-order valence-electron chi connectivity index (χ4n) is 0.867. The van der Waals surface area contributed by atoms with Gasteiger partial charge in [-0.25, -0.2) is 8.78 Å². The maximum Gasteiger partial charge on any atom is 0.280 e. The highest BCUT2D eigenvalue weighted by atomic mass is 19.3. The summed E-state index contributed by atoms with van der Waals surface area (Å²) in [6.45, 7) is 7.33. The van der Waals surface area contributed by atoms with Crippen LogP contribution < -0.4 is 0 Å². The summed E-state index contributed by atoms with van der Waals surface area (Å²) >= 11 is 0. The fourth-order valence-corrected chi connectivity index (χ4v) is 0.867. The Hall–Kier alpha value is -0.990. The van der Waals surface area contributed by atoms with E-state index in [-0.39, 0.29) is 5.69 Å². The lowest BCUT2D eigenvalue weighted by molar-refractivity contribution is 0.145. The van der Waals surface area contributed by atoms with E-state index in [9.17, 15) is 8.78 Å². The van der Waals surface area contributed by atoms with Crippen molar-refractivity contribution in [3.63, 3.8) is 0 Å². The summed E-state index contributed by atoms with van der Waals surface area (Å²) in [5, 5.41) is 0. The summed E-state index contributed by atoms with van der Waals surface area (Å²) in [5.74, 6) is 0. The molecule has 0 spiro atoms. The van der Waals surface area contributed by atoms with E-state index in [2.05, 4.69) is 4.98 Å². The highest BCUT2D eigenvalue weighted by molar-refractivity contribution is 5.21. The molecule has 0 saturated carbocycles. The van der Waals surface area contributed by atoms with Gasteiger partial charge in [0, 0.05) is 5.69 Å². The van der Waals surface area contributed by atoms with E-state index in [4.69, 9.17) is 0 Å². The van der Waals surface area contributed by atoms with Gasteiger partial charge in [-0.1, -0.05) is 19.9 Å². The van der Waals surface area contributed by atoms with Gasteiger partial charge in [0.1, 0.15) is 5.69 Å². The van der Waals surface area contributed by atoms with Crippen LogP contribution in [0.5, 0.6) is 0 Å². The normalized spacial score (nSPS) is 9.46. The molecule has 0 aromatic carbocycles. The molecular weight excluding hydrogens is 172 g/mol. The van der Waals surface area contributed by atoms with Crippen LogP contribution in [-0.2, 0) is 0 Å². The van der Waals surface area contributed by atoms with Gasteiger partial charge in [-0.3, -0.25) is 4.98 Å². The van der Waals surface area contributed by atoms with Crippen LogP contribution in [0.25, 0.3) is 0 Å². The second-order valence-corrected chi connectivity index (χ2v) is 2.46. The quantitative estimate of drug-likeness (QED) is 0.653. The minimum atomic E-state index is -2.46. The number of pyridine rings is 1. The Balaban J connectivity index is 0.000000671. The zero-order valence-electron chi connectivity index (χ0n) is 8.44. The smallest absolute Gasteiger partial charge is 0.252 e. The number of nitrogens with zero attached hydrogens (tertiary/aromatic N) is 1. The van der Waals surface area contributed by atoms with Gasteiger partial charge in [-0.15, -0.1) is 0 Å². The van der Waals surface area contributed by atoms with Gasteiger partial charge in [-0.05, 0) is 25.5 Å². The second kappa shape index (κ2) is 5.62. The molecule has 0 saturated heterocycles. The minimum absolute atomic E-state index is 0.106. The van der Waals surface area contributed by atoms with Crippen molar-refractivity contribution in [2.45, 2.75) is 34.1 Å². The first-order chi connectivity index (χ1) is 6.11. The number of alkyl halides is 2. The molecule has 3 heteroatoms. The minimum Gasteiger partial charge on any atom is -0.252 e. The maximum absolute atomic E-state index is 12.1. The first-order valence-electron chi connectivity index (χ1n) is 4.33. The molecule has 0 aliphatic heterocycles. The topological polar surface area (TPSA) is 12.9 Å². The largest absolute Gasteiger partial charge is 0.280 e. The molecule has 1 aromatic rings. The lowest BCUT2D eigenvalue weighted by Gasteiger charge is -2.03. The highest BCUT2D eigenvalue weighted by Gasteiger charge is 2.11. The van der Waals surface area contributed by atoms with Crippen LogP contribution in [-0.4, -0.2) is 4.98 Å². The van der Waals surface area contributed by atoms with Crippen molar-refractivity contribution in [3.05, 3.63) is 29.1 Å². The monoisotopic (exact) mass is 187 g/mol. The molecule has 0 radical (unpaired) electrons. The lowest BCUT2D eigenvalue weighted by atomic mass is 10.2. The van der Waals surface area contributed by atoms with E-state index >= 15 is 0 Å². The molecule has 0 fully saturated rings. The Morgan fingerprint density at radius 3 is 2.08 bits per heavy atom. The standard InChI is InChI=1S/C8H9F2N.C2H6/c1-5-3-4-6(2)11-7(5)8(9)10;1-2/h3-4,8H,1-2H3;1-2H3. The Kier molecular flexibility index (Phi) is 5.19. The van der Waals surface area contributed by atoms with Gasteiger partial charge >= 0.3 is 0 Å². The van der Waals surface area contributed by atoms with E-state index in [0.29, 0.717) is 11.3 Å². The average Bonchev–Trinajstić information content (AvgIpc) is 2.12. The molecule has 74 valence electrons. The molecule has 0 unspecified atom stereocenters. The van der Waals surface area contributed by atoms with Crippen LogP contribution >= 0.6 is 0 Å². The van der Waals surface area contributed by atoms with Crippen molar-refractivity contribution < 1.29 is 8.78 Å². The molecule has 1 heterocycles. The first-order valence-corrected chi connectivity index (χ1v) is 4.33. The molecule has 0 aliphatic carbocycles. The van der Waals surface area contributed by atoms with Crippen LogP contribution in [0.15, 0.2) is 12.1 Å². The molecule has 0 amide bonds. The third kappa shape index (κ3) is 3.49. The zero-order valence-corrected chi connectivity index (χ0v) is 8.44. The van der Waals surface area contributed by atoms with Crippen LogP contribution in [0.4, 0.5) is 8.78 Å². The van der Waals surface area contributed by atoms with Gasteiger partial charge in [-0.2, -0.15) is 0 Å². The Bertz CT molecular complexity index is 259. The van der Waals surface area contributed by atoms with E-state index in [0.717, 1.165) is 0 Å². The number of aromatic nitrogens is 1. The molecular formula is C10H15F2N. The molecule has 0 atom stereocenters. The molecule has 1 rings (SSSR count). The number of hydrogen-bond acceptors (Lipinski definition) is 1. The third-order valence-electron chi connectivity index (χ3n) is 1.48. The molecule has 1 aromatic heterocycles. The Labute approximate surface area is 77.8 Å². The van der Waals surface area contributed by atoms with Gasteiger partial charge in [0.2, 0.25) is 0 Å². The first kappa shape index (κ1) is 12.0. The molecule has 0 N–H and O–H groups in total. The molecule has 1 nitrogen and oxygen atoms in total. The predicted octanol–water partition coefficient (Wildman–Crippen LogP) is 3.66. The van der Waals surface area contributed by atoms with E-state index < -0.39 is 6.43 Å². The van der Waals surface area contributed by atoms with E-state index in [1.54, 1.807) is 26.0 Å². The van der Waals surface area contributed by atoms with Crippen molar-refractivity contribution >= 4 is 0 Å². The van der Waals surface area contributed by atoms with Crippen molar-refractivity contribution in [2.75, 3.05) is 0 Å². The SMILES string of the molecule is CC.Cc1ccc(C)c(C(F)F)n1. The molecule has 0 bridgehead atoms. The van der Waals surface area contributed by atoms with Crippen LogP contribution in [0.1, 0.15) is 37.2 Å². The zero-order chi connectivity index (χ0) is 10.4. The second-order valence-electron chi connectivity index (χ2n) is 2.46. The predicted molar refractivity (Wildman–Crippen MR) is 50.0 cm³/mol. The number of aryl methyl sites for hydroxylation is 2. The van der Waals surface area contributed by atoms with Gasteiger partial charge in [0.25, 0.3) is 6.43 Å². The van der Waals surface area contributed by atoms with Crippen LogP contribution in [0.2, 0.25) is 0 Å². The average molecular weight is 187 g/mol. The highest BCUT2D eigenvalue weighted by Crippen LogP contribution is 2.19. The molecule has 0 aliphatic rings. The van der Waals surface area contributed by atoms with E-state index in [1.165, 1.54) is 0 Å². The van der Waals surface area contributed by atoms with Crippen molar-refractivity contribution in [3.8, 4) is 0 Å². The van der Waals surface area contributed by atoms with Crippen molar-refractivity contribution in [1.82, 2.24) is 4.98 Å². The maximum atomic E-state index is 12.1. The Morgan fingerprint density at radius 1 is 1.15 bits per heavy atom. The summed E-state index contributed by atoms with van der Waals surface area (Å²) in [6.07, 6.45) is -2.46. The van der Waals surface area contributed by atoms with Crippen molar-refractivity contribution in [2.24, 2.45) is 0 Å². The van der Waals surface area contributed by atoms with Gasteiger partial charge in [0.15, 0.2) is 0 Å². The Morgan fingerprint density at radius 2 is 1.69 bits per heavy atom. The summed E-state index contributed by atoms with van der Waals surface area (Å²) in [4.78, 5) is 3.72.